The summed E-state index contributed by atoms with van der Waals surface area (Å²) < 4.78 is 19.2. The fourth-order valence-electron chi connectivity index (χ4n) is 3.40. The summed E-state index contributed by atoms with van der Waals surface area (Å²) in [5.41, 5.74) is 1.11. The van der Waals surface area contributed by atoms with Gasteiger partial charge in [-0.25, -0.2) is 4.39 Å². The van der Waals surface area contributed by atoms with Gasteiger partial charge in [0.25, 0.3) is 0 Å². The normalized spacial score (nSPS) is 22.0. The molecule has 1 atom stereocenters. The molecule has 0 aliphatic carbocycles. The predicted molar refractivity (Wildman–Crippen MR) is 101 cm³/mol. The third kappa shape index (κ3) is 6.13. The molecule has 1 N–H and O–H groups in total. The van der Waals surface area contributed by atoms with Gasteiger partial charge in [0.15, 0.2) is 0 Å². The van der Waals surface area contributed by atoms with E-state index in [9.17, 15) is 9.50 Å². The maximum Gasteiger partial charge on any atom is 0.123 e. The number of benzene rings is 1. The quantitative estimate of drug-likeness (QED) is 0.800. The maximum absolute atomic E-state index is 13.3. The largest absolute Gasteiger partial charge is 0.491 e. The van der Waals surface area contributed by atoms with Crippen LogP contribution in [0.4, 0.5) is 4.39 Å². The molecule has 2 saturated heterocycles. The lowest BCUT2D eigenvalue weighted by molar-refractivity contribution is 0.0705. The first-order valence-electron chi connectivity index (χ1n) is 9.26. The zero-order valence-electron chi connectivity index (χ0n) is 14.8. The summed E-state index contributed by atoms with van der Waals surface area (Å²) in [5, 5.41) is 10.3. The molecule has 140 valence electrons. The Balaban J connectivity index is 1.48. The molecule has 0 unspecified atom stereocenters. The Hall–Kier alpha value is -0.820. The fraction of sp³-hybridized carbons (Fsp3) is 0.684. The van der Waals surface area contributed by atoms with E-state index in [1.54, 1.807) is 0 Å². The molecular weight excluding hydrogens is 339 g/mol. The summed E-state index contributed by atoms with van der Waals surface area (Å²) in [6, 6.07) is 7.99. The van der Waals surface area contributed by atoms with Gasteiger partial charge in [0.1, 0.15) is 24.6 Å². The van der Waals surface area contributed by atoms with Crippen LogP contribution in [0.25, 0.3) is 0 Å². The molecule has 1 aromatic carbocycles. The highest BCUT2D eigenvalue weighted by Crippen LogP contribution is 2.23. The van der Waals surface area contributed by atoms with Crippen LogP contribution in [-0.4, -0.2) is 78.0 Å². The number of rotatable bonds is 7. The average molecular weight is 369 g/mol. The van der Waals surface area contributed by atoms with Crippen molar-refractivity contribution in [3.05, 3.63) is 29.8 Å². The highest BCUT2D eigenvalue weighted by Gasteiger charge is 2.20. The Kier molecular flexibility index (Phi) is 7.40. The molecule has 2 aliphatic rings. The molecular formula is C19H29FN2O2S. The molecule has 2 aliphatic heterocycles. The van der Waals surface area contributed by atoms with Crippen molar-refractivity contribution in [2.75, 3.05) is 50.8 Å². The predicted octanol–water partition coefficient (Wildman–Crippen LogP) is 2.41. The molecule has 0 radical (unpaired) electrons. The van der Waals surface area contributed by atoms with Crippen molar-refractivity contribution in [3.8, 4) is 5.75 Å². The van der Waals surface area contributed by atoms with E-state index in [1.807, 2.05) is 30.0 Å². The number of piperidine rings is 1. The summed E-state index contributed by atoms with van der Waals surface area (Å²) in [6.45, 7) is 5.45. The van der Waals surface area contributed by atoms with Gasteiger partial charge in [-0.2, -0.15) is 11.8 Å². The minimum absolute atomic E-state index is 0.313. The number of ether oxygens (including phenoxy) is 1. The van der Waals surface area contributed by atoms with Gasteiger partial charge in [-0.1, -0.05) is 18.2 Å². The van der Waals surface area contributed by atoms with E-state index >= 15 is 0 Å². The van der Waals surface area contributed by atoms with E-state index in [4.69, 9.17) is 4.74 Å². The number of para-hydroxylation sites is 1. The second kappa shape index (κ2) is 9.76. The van der Waals surface area contributed by atoms with Crippen LogP contribution < -0.4 is 4.74 Å². The lowest BCUT2D eigenvalue weighted by Gasteiger charge is -2.29. The standard InChI is InChI=1S/C19H29FN2O2S/c20-17-5-7-21(8-6-17)13-16-3-1-2-4-19(16)24-15-18(23)14-22-9-11-25-12-10-22/h1-4,17-18,23H,5-15H2/t18-/m0/s1. The Labute approximate surface area is 154 Å². The topological polar surface area (TPSA) is 35.9 Å². The molecule has 0 spiro atoms. The van der Waals surface area contributed by atoms with Gasteiger partial charge >= 0.3 is 0 Å². The van der Waals surface area contributed by atoms with E-state index in [0.29, 0.717) is 26.0 Å². The van der Waals surface area contributed by atoms with Crippen molar-refractivity contribution in [2.24, 2.45) is 0 Å². The zero-order valence-corrected chi connectivity index (χ0v) is 15.6. The number of aliphatic hydroxyl groups excluding tert-OH is 1. The number of hydrogen-bond donors (Lipinski definition) is 1. The van der Waals surface area contributed by atoms with E-state index in [-0.39, 0.29) is 0 Å². The van der Waals surface area contributed by atoms with Crippen LogP contribution >= 0.6 is 11.8 Å². The van der Waals surface area contributed by atoms with Crippen LogP contribution in [0, 0.1) is 0 Å². The van der Waals surface area contributed by atoms with E-state index < -0.39 is 12.3 Å². The fourth-order valence-corrected chi connectivity index (χ4v) is 4.37. The highest BCUT2D eigenvalue weighted by atomic mass is 32.2. The molecule has 4 nitrogen and oxygen atoms in total. The number of halogens is 1. The molecule has 2 fully saturated rings. The average Bonchev–Trinajstić information content (AvgIpc) is 2.64. The van der Waals surface area contributed by atoms with Gasteiger partial charge in [0, 0.05) is 56.3 Å². The number of nitrogens with zero attached hydrogens (tertiary/aromatic N) is 2. The maximum atomic E-state index is 13.3. The van der Waals surface area contributed by atoms with Crippen LogP contribution in [0.5, 0.6) is 5.75 Å². The molecule has 0 saturated carbocycles. The molecule has 25 heavy (non-hydrogen) atoms. The third-order valence-electron chi connectivity index (χ3n) is 4.89. The Morgan fingerprint density at radius 1 is 1.12 bits per heavy atom. The van der Waals surface area contributed by atoms with Crippen molar-refractivity contribution in [3.63, 3.8) is 0 Å². The van der Waals surface area contributed by atoms with E-state index in [2.05, 4.69) is 15.9 Å². The lowest BCUT2D eigenvalue weighted by Crippen LogP contribution is -2.40. The van der Waals surface area contributed by atoms with Crippen molar-refractivity contribution in [2.45, 2.75) is 31.7 Å². The van der Waals surface area contributed by atoms with Crippen LogP contribution in [0.1, 0.15) is 18.4 Å². The van der Waals surface area contributed by atoms with Gasteiger partial charge in [0.2, 0.25) is 0 Å². The first kappa shape index (κ1) is 19.0. The summed E-state index contributed by atoms with van der Waals surface area (Å²) in [5.74, 6) is 3.12. The molecule has 0 bridgehead atoms. The Morgan fingerprint density at radius 2 is 1.84 bits per heavy atom. The number of likely N-dealkylation sites (tertiary alicyclic amines) is 1. The summed E-state index contributed by atoms with van der Waals surface area (Å²) in [6.07, 6.45) is 0.121. The summed E-state index contributed by atoms with van der Waals surface area (Å²) >= 11 is 1.97. The molecule has 0 amide bonds. The second-order valence-corrected chi connectivity index (χ2v) is 8.16. The van der Waals surface area contributed by atoms with Crippen molar-refractivity contribution >= 4 is 11.8 Å². The zero-order chi connectivity index (χ0) is 17.5. The third-order valence-corrected chi connectivity index (χ3v) is 5.83. The first-order valence-corrected chi connectivity index (χ1v) is 10.4. The molecule has 1 aromatic rings. The number of β-amino-alcohol motifs (C(OH)–C–C–N with tert-alkyl or cyclic N) is 1. The van der Waals surface area contributed by atoms with Crippen LogP contribution in [-0.2, 0) is 6.54 Å². The molecule has 6 heteroatoms. The molecule has 0 aromatic heterocycles. The Morgan fingerprint density at radius 3 is 2.60 bits per heavy atom. The number of aliphatic hydroxyl groups is 1. The van der Waals surface area contributed by atoms with Gasteiger partial charge in [-0.05, 0) is 18.9 Å². The van der Waals surface area contributed by atoms with Crippen LogP contribution in [0.15, 0.2) is 24.3 Å². The minimum Gasteiger partial charge on any atom is -0.491 e. The van der Waals surface area contributed by atoms with Crippen molar-refractivity contribution in [1.82, 2.24) is 9.80 Å². The number of thioether (sulfide) groups is 1. The van der Waals surface area contributed by atoms with Crippen LogP contribution in [0.2, 0.25) is 0 Å². The summed E-state index contributed by atoms with van der Waals surface area (Å²) in [4.78, 5) is 4.58. The van der Waals surface area contributed by atoms with Crippen molar-refractivity contribution in [1.29, 1.82) is 0 Å². The van der Waals surface area contributed by atoms with Crippen molar-refractivity contribution < 1.29 is 14.2 Å². The Bertz CT molecular complexity index is 520. The lowest BCUT2D eigenvalue weighted by atomic mass is 10.1. The number of hydrogen-bond acceptors (Lipinski definition) is 5. The molecule has 3 rings (SSSR count). The molecule has 2 heterocycles. The smallest absolute Gasteiger partial charge is 0.123 e. The SMILES string of the molecule is O[C@H](COc1ccccc1CN1CCC(F)CC1)CN1CCSCC1. The van der Waals surface area contributed by atoms with Gasteiger partial charge in [-0.15, -0.1) is 0 Å². The first-order chi connectivity index (χ1) is 12.2. The second-order valence-electron chi connectivity index (χ2n) is 6.94. The summed E-state index contributed by atoms with van der Waals surface area (Å²) in [7, 11) is 0. The van der Waals surface area contributed by atoms with E-state index in [1.165, 1.54) is 0 Å². The monoisotopic (exact) mass is 368 g/mol. The van der Waals surface area contributed by atoms with E-state index in [0.717, 1.165) is 55.5 Å². The van der Waals surface area contributed by atoms with Crippen LogP contribution in [0.3, 0.4) is 0 Å². The number of alkyl halides is 1. The van der Waals surface area contributed by atoms with Gasteiger partial charge in [0.05, 0.1) is 0 Å². The van der Waals surface area contributed by atoms with Gasteiger partial charge < -0.3 is 9.84 Å². The van der Waals surface area contributed by atoms with Gasteiger partial charge in [-0.3, -0.25) is 9.80 Å². The minimum atomic E-state index is -0.647. The highest BCUT2D eigenvalue weighted by molar-refractivity contribution is 7.99.